The number of hydrogen-bond donors (Lipinski definition) is 1. The lowest BCUT2D eigenvalue weighted by Crippen LogP contribution is -2.51. The van der Waals surface area contributed by atoms with E-state index in [-0.39, 0.29) is 1.43 Å². The molecule has 2 aromatic rings. The predicted octanol–water partition coefficient (Wildman–Crippen LogP) is 2.76. The molecule has 130 valence electrons. The summed E-state index contributed by atoms with van der Waals surface area (Å²) < 4.78 is 5.67. The molecule has 1 N–H and O–H groups in total. The number of pyridine rings is 1. The minimum atomic E-state index is 0. The number of fused-ring (bicyclic) bond motifs is 1. The number of benzene rings is 1. The maximum absolute atomic E-state index is 5.67. The van der Waals surface area contributed by atoms with Crippen molar-refractivity contribution in [3.63, 3.8) is 0 Å². The number of anilines is 1. The van der Waals surface area contributed by atoms with E-state index in [1.807, 2.05) is 48.8 Å². The molecule has 0 amide bonds. The van der Waals surface area contributed by atoms with Gasteiger partial charge in [-0.2, -0.15) is 0 Å². The van der Waals surface area contributed by atoms with Crippen LogP contribution in [0.2, 0.25) is 0 Å². The van der Waals surface area contributed by atoms with Gasteiger partial charge in [0.15, 0.2) is 5.11 Å². The van der Waals surface area contributed by atoms with Crippen LogP contribution in [0.25, 0.3) is 5.57 Å². The average molecular weight is 354 g/mol. The number of hydrogen-bond acceptors (Lipinski definition) is 4. The SMILES string of the molecule is S=C(N/C=C1/COc2ccccc21)N1CCN(c2ccccn2)CC1.[HH]. The Morgan fingerprint density at radius 2 is 1.92 bits per heavy atom. The van der Waals surface area contributed by atoms with Gasteiger partial charge in [0, 0.05) is 51.1 Å². The Morgan fingerprint density at radius 3 is 2.72 bits per heavy atom. The Labute approximate surface area is 154 Å². The van der Waals surface area contributed by atoms with Gasteiger partial charge >= 0.3 is 0 Å². The lowest BCUT2D eigenvalue weighted by Gasteiger charge is -2.36. The van der Waals surface area contributed by atoms with E-state index in [4.69, 9.17) is 17.0 Å². The lowest BCUT2D eigenvalue weighted by atomic mass is 10.1. The minimum absolute atomic E-state index is 0. The van der Waals surface area contributed by atoms with Crippen LogP contribution in [0.5, 0.6) is 5.75 Å². The van der Waals surface area contributed by atoms with Gasteiger partial charge in [-0.3, -0.25) is 0 Å². The molecule has 0 atom stereocenters. The first-order valence-electron chi connectivity index (χ1n) is 8.44. The van der Waals surface area contributed by atoms with Gasteiger partial charge < -0.3 is 19.9 Å². The van der Waals surface area contributed by atoms with Crippen molar-refractivity contribution in [2.24, 2.45) is 0 Å². The highest BCUT2D eigenvalue weighted by atomic mass is 32.1. The normalized spacial score (nSPS) is 18.0. The predicted molar refractivity (Wildman–Crippen MR) is 106 cm³/mol. The fourth-order valence-corrected chi connectivity index (χ4v) is 3.37. The van der Waals surface area contributed by atoms with Crippen molar-refractivity contribution in [3.8, 4) is 5.75 Å². The Bertz CT molecular complexity index is 791. The van der Waals surface area contributed by atoms with Crippen molar-refractivity contribution in [1.29, 1.82) is 0 Å². The molecule has 0 spiro atoms. The number of rotatable bonds is 2. The summed E-state index contributed by atoms with van der Waals surface area (Å²) in [6, 6.07) is 14.1. The van der Waals surface area contributed by atoms with Crippen molar-refractivity contribution in [1.82, 2.24) is 15.2 Å². The summed E-state index contributed by atoms with van der Waals surface area (Å²) in [6.45, 7) is 4.20. The van der Waals surface area contributed by atoms with E-state index in [1.54, 1.807) is 0 Å². The first-order valence-corrected chi connectivity index (χ1v) is 8.85. The summed E-state index contributed by atoms with van der Waals surface area (Å²) in [4.78, 5) is 8.91. The molecule has 2 aliphatic heterocycles. The quantitative estimate of drug-likeness (QED) is 0.837. The number of piperazine rings is 1. The zero-order valence-electron chi connectivity index (χ0n) is 13.9. The average Bonchev–Trinajstić information content (AvgIpc) is 3.10. The Hall–Kier alpha value is -2.60. The maximum Gasteiger partial charge on any atom is 0.173 e. The van der Waals surface area contributed by atoms with E-state index in [0.29, 0.717) is 6.61 Å². The van der Waals surface area contributed by atoms with Gasteiger partial charge in [-0.1, -0.05) is 24.3 Å². The molecule has 3 heterocycles. The van der Waals surface area contributed by atoms with Gasteiger partial charge in [0.05, 0.1) is 0 Å². The molecule has 0 saturated carbocycles. The summed E-state index contributed by atoms with van der Waals surface area (Å²) in [6.07, 6.45) is 3.81. The molecule has 6 heteroatoms. The third-order valence-corrected chi connectivity index (χ3v) is 4.90. The molecule has 4 rings (SSSR count). The van der Waals surface area contributed by atoms with E-state index >= 15 is 0 Å². The standard InChI is InChI=1S/C19H20N4OS.H2/c25-19(21-13-15-14-24-17-6-2-1-5-16(15)17)23-11-9-22(10-12-23)18-7-3-4-8-20-18;/h1-8,13H,9-12,14H2,(H,21,25);1H/b15-13-;. The van der Waals surface area contributed by atoms with Crippen molar-refractivity contribution in [2.45, 2.75) is 0 Å². The molecule has 25 heavy (non-hydrogen) atoms. The number of nitrogens with zero attached hydrogens (tertiary/aromatic N) is 3. The van der Waals surface area contributed by atoms with Crippen LogP contribution >= 0.6 is 12.2 Å². The molecule has 5 nitrogen and oxygen atoms in total. The summed E-state index contributed by atoms with van der Waals surface area (Å²) in [5.41, 5.74) is 2.27. The van der Waals surface area contributed by atoms with E-state index in [0.717, 1.165) is 54.0 Å². The zero-order chi connectivity index (χ0) is 17.1. The molecule has 1 aromatic carbocycles. The highest BCUT2D eigenvalue weighted by Gasteiger charge is 2.20. The second kappa shape index (κ2) is 7.11. The van der Waals surface area contributed by atoms with Gasteiger partial charge in [-0.25, -0.2) is 4.98 Å². The van der Waals surface area contributed by atoms with Crippen molar-refractivity contribution >= 4 is 28.7 Å². The van der Waals surface area contributed by atoms with Crippen LogP contribution in [-0.2, 0) is 0 Å². The molecule has 1 saturated heterocycles. The molecule has 1 aromatic heterocycles. The first-order chi connectivity index (χ1) is 12.3. The summed E-state index contributed by atoms with van der Waals surface area (Å²) in [7, 11) is 0. The molecule has 0 unspecified atom stereocenters. The van der Waals surface area contributed by atoms with Crippen LogP contribution in [0.4, 0.5) is 5.82 Å². The number of aromatic nitrogens is 1. The molecule has 2 aliphatic rings. The second-order valence-corrected chi connectivity index (χ2v) is 6.45. The summed E-state index contributed by atoms with van der Waals surface area (Å²) in [5, 5.41) is 4.03. The fraction of sp³-hybridized carbons (Fsp3) is 0.263. The van der Waals surface area contributed by atoms with Crippen molar-refractivity contribution in [3.05, 3.63) is 60.4 Å². The molecule has 1 fully saturated rings. The summed E-state index contributed by atoms with van der Waals surface area (Å²) >= 11 is 5.56. The largest absolute Gasteiger partial charge is 0.488 e. The monoisotopic (exact) mass is 354 g/mol. The highest BCUT2D eigenvalue weighted by molar-refractivity contribution is 7.80. The second-order valence-electron chi connectivity index (χ2n) is 6.07. The fourth-order valence-electron chi connectivity index (χ4n) is 3.13. The van der Waals surface area contributed by atoms with Crippen LogP contribution in [0.3, 0.4) is 0 Å². The van der Waals surface area contributed by atoms with Gasteiger partial charge in [-0.05, 0) is 30.4 Å². The lowest BCUT2D eigenvalue weighted by molar-refractivity contribution is 0.382. The number of thiocarbonyl (C=S) groups is 1. The van der Waals surface area contributed by atoms with Crippen LogP contribution in [0, 0.1) is 0 Å². The first kappa shape index (κ1) is 15.9. The van der Waals surface area contributed by atoms with E-state index in [2.05, 4.69) is 26.2 Å². The van der Waals surface area contributed by atoms with Crippen LogP contribution in [0.1, 0.15) is 6.99 Å². The van der Waals surface area contributed by atoms with E-state index < -0.39 is 0 Å². The third-order valence-electron chi connectivity index (χ3n) is 4.53. The number of nitrogens with one attached hydrogen (secondary N) is 1. The molecule has 0 bridgehead atoms. The smallest absolute Gasteiger partial charge is 0.173 e. The minimum Gasteiger partial charge on any atom is -0.488 e. The van der Waals surface area contributed by atoms with Gasteiger partial charge in [0.25, 0.3) is 0 Å². The van der Waals surface area contributed by atoms with Gasteiger partial charge in [0.1, 0.15) is 18.2 Å². The number of para-hydroxylation sites is 1. The molecule has 0 radical (unpaired) electrons. The number of ether oxygens (including phenoxy) is 1. The Morgan fingerprint density at radius 1 is 1.12 bits per heavy atom. The van der Waals surface area contributed by atoms with Crippen molar-refractivity contribution < 1.29 is 6.16 Å². The zero-order valence-corrected chi connectivity index (χ0v) is 14.7. The summed E-state index contributed by atoms with van der Waals surface area (Å²) in [5.74, 6) is 1.97. The van der Waals surface area contributed by atoms with E-state index in [9.17, 15) is 0 Å². The van der Waals surface area contributed by atoms with Gasteiger partial charge in [0.2, 0.25) is 0 Å². The van der Waals surface area contributed by atoms with Gasteiger partial charge in [-0.15, -0.1) is 0 Å². The third kappa shape index (κ3) is 3.44. The maximum atomic E-state index is 5.67. The molecular weight excluding hydrogens is 332 g/mol. The van der Waals surface area contributed by atoms with Crippen LogP contribution in [0.15, 0.2) is 54.9 Å². The topological polar surface area (TPSA) is 40.6 Å². The van der Waals surface area contributed by atoms with E-state index in [1.165, 1.54) is 0 Å². The van der Waals surface area contributed by atoms with Crippen molar-refractivity contribution in [2.75, 3.05) is 37.7 Å². The Kier molecular flexibility index (Phi) is 4.52. The molecular formula is C19H22N4OS. The Balaban J connectivity index is 0.00000196. The molecule has 0 aliphatic carbocycles. The highest BCUT2D eigenvalue weighted by Crippen LogP contribution is 2.31. The van der Waals surface area contributed by atoms with Crippen LogP contribution in [-0.4, -0.2) is 47.8 Å². The van der Waals surface area contributed by atoms with Crippen LogP contribution < -0.4 is 15.0 Å².